The van der Waals surface area contributed by atoms with E-state index in [1.54, 1.807) is 0 Å². The van der Waals surface area contributed by atoms with E-state index in [4.69, 9.17) is 0 Å². The molecule has 1 unspecified atom stereocenters. The van der Waals surface area contributed by atoms with Crippen LogP contribution in [0.1, 0.15) is 11.6 Å². The van der Waals surface area contributed by atoms with E-state index in [-0.39, 0.29) is 17.5 Å². The molecule has 0 saturated heterocycles. The second-order valence-corrected chi connectivity index (χ2v) is 8.39. The molecule has 8 heteroatoms. The second kappa shape index (κ2) is 7.38. The fraction of sp³-hybridized carbons (Fsp3) is 0.263. The third kappa shape index (κ3) is 3.87. The summed E-state index contributed by atoms with van der Waals surface area (Å²) in [5.74, 6) is -2.29. The summed E-state index contributed by atoms with van der Waals surface area (Å²) in [6, 6.07) is 10.2. The number of hydrogen-bond acceptors (Lipinski definition) is 3. The minimum absolute atomic E-state index is 0.0857. The summed E-state index contributed by atoms with van der Waals surface area (Å²) in [6.07, 6.45) is 1.97. The lowest BCUT2D eigenvalue weighted by atomic mass is 10.1. The van der Waals surface area contributed by atoms with E-state index >= 15 is 0 Å². The van der Waals surface area contributed by atoms with Crippen molar-refractivity contribution in [3.63, 3.8) is 0 Å². The van der Waals surface area contributed by atoms with E-state index in [9.17, 15) is 17.2 Å². The Labute approximate surface area is 157 Å². The Hall–Kier alpha value is -2.29. The average molecular weight is 393 g/mol. The van der Waals surface area contributed by atoms with Crippen molar-refractivity contribution in [2.75, 3.05) is 20.6 Å². The van der Waals surface area contributed by atoms with Gasteiger partial charge in [-0.25, -0.2) is 21.9 Å². The van der Waals surface area contributed by atoms with Crippen LogP contribution in [0.3, 0.4) is 0 Å². The first-order chi connectivity index (χ1) is 12.7. The van der Waals surface area contributed by atoms with Crippen LogP contribution in [-0.4, -0.2) is 38.5 Å². The largest absolute Gasteiger partial charge is 0.350 e. The van der Waals surface area contributed by atoms with Gasteiger partial charge in [0.15, 0.2) is 11.6 Å². The van der Waals surface area contributed by atoms with Crippen LogP contribution in [0.15, 0.2) is 53.6 Å². The van der Waals surface area contributed by atoms with E-state index in [2.05, 4.69) is 4.72 Å². The van der Waals surface area contributed by atoms with Crippen LogP contribution in [0.4, 0.5) is 8.78 Å². The van der Waals surface area contributed by atoms with Crippen LogP contribution in [0.5, 0.6) is 0 Å². The highest BCUT2D eigenvalue weighted by Crippen LogP contribution is 2.28. The predicted octanol–water partition coefficient (Wildman–Crippen LogP) is 3.04. The maximum atomic E-state index is 13.4. The Morgan fingerprint density at radius 3 is 2.48 bits per heavy atom. The number of nitrogens with one attached hydrogen (secondary N) is 1. The lowest BCUT2D eigenvalue weighted by Gasteiger charge is -2.24. The van der Waals surface area contributed by atoms with Crippen molar-refractivity contribution in [3.05, 3.63) is 65.9 Å². The molecule has 144 valence electrons. The highest BCUT2D eigenvalue weighted by molar-refractivity contribution is 7.89. The van der Waals surface area contributed by atoms with Gasteiger partial charge in [0.25, 0.3) is 0 Å². The fourth-order valence-corrected chi connectivity index (χ4v) is 4.18. The molecule has 0 bridgehead atoms. The number of hydrogen-bond donors (Lipinski definition) is 1. The zero-order chi connectivity index (χ0) is 19.8. The van der Waals surface area contributed by atoms with Gasteiger partial charge in [-0.3, -0.25) is 0 Å². The standard InChI is InChI=1S/C19H21F2N3O2S/c1-23(2)19(15-12-24(3)18-7-5-4-6-14(15)18)11-22-27(25,26)13-8-9-16(20)17(21)10-13/h4-10,12,19,22H,11H2,1-3H3. The van der Waals surface area contributed by atoms with Gasteiger partial charge in [-0.1, -0.05) is 18.2 Å². The number of aromatic nitrogens is 1. The summed E-state index contributed by atoms with van der Waals surface area (Å²) in [5.41, 5.74) is 2.02. The molecule has 1 heterocycles. The molecule has 5 nitrogen and oxygen atoms in total. The van der Waals surface area contributed by atoms with Crippen molar-refractivity contribution >= 4 is 20.9 Å². The number of halogens is 2. The lowest BCUT2D eigenvalue weighted by molar-refractivity contribution is 0.301. The average Bonchev–Trinajstić information content (AvgIpc) is 2.94. The van der Waals surface area contributed by atoms with Crippen molar-refractivity contribution in [3.8, 4) is 0 Å². The fourth-order valence-electron chi connectivity index (χ4n) is 3.13. The topological polar surface area (TPSA) is 54.3 Å². The molecule has 3 rings (SSSR count). The van der Waals surface area contributed by atoms with Crippen LogP contribution in [-0.2, 0) is 17.1 Å². The van der Waals surface area contributed by atoms with Crippen LogP contribution in [0, 0.1) is 11.6 Å². The van der Waals surface area contributed by atoms with E-state index < -0.39 is 21.7 Å². The monoisotopic (exact) mass is 393 g/mol. The number of sulfonamides is 1. The number of fused-ring (bicyclic) bond motifs is 1. The smallest absolute Gasteiger partial charge is 0.240 e. The van der Waals surface area contributed by atoms with Crippen molar-refractivity contribution < 1.29 is 17.2 Å². The van der Waals surface area contributed by atoms with E-state index in [0.29, 0.717) is 6.07 Å². The number of rotatable bonds is 6. The van der Waals surface area contributed by atoms with Gasteiger partial charge < -0.3 is 9.47 Å². The summed E-state index contributed by atoms with van der Waals surface area (Å²) in [6.45, 7) is 0.0857. The maximum Gasteiger partial charge on any atom is 0.240 e. The predicted molar refractivity (Wildman–Crippen MR) is 101 cm³/mol. The summed E-state index contributed by atoms with van der Waals surface area (Å²) in [5, 5.41) is 1.03. The highest BCUT2D eigenvalue weighted by Gasteiger charge is 2.23. The normalized spacial score (nSPS) is 13.4. The molecule has 0 aliphatic rings. The van der Waals surface area contributed by atoms with Crippen LogP contribution < -0.4 is 4.72 Å². The zero-order valence-electron chi connectivity index (χ0n) is 15.3. The molecular formula is C19H21F2N3O2S. The van der Waals surface area contributed by atoms with Gasteiger partial charge >= 0.3 is 0 Å². The first-order valence-electron chi connectivity index (χ1n) is 8.36. The molecular weight excluding hydrogens is 372 g/mol. The first kappa shape index (κ1) is 19.5. The molecule has 0 aliphatic heterocycles. The molecule has 0 radical (unpaired) electrons. The van der Waals surface area contributed by atoms with Crippen LogP contribution in [0.2, 0.25) is 0 Å². The summed E-state index contributed by atoms with van der Waals surface area (Å²) in [4.78, 5) is 1.60. The van der Waals surface area contributed by atoms with Gasteiger partial charge in [0.2, 0.25) is 10.0 Å². The molecule has 0 fully saturated rings. The Balaban J connectivity index is 1.90. The molecule has 0 aliphatic carbocycles. The van der Waals surface area contributed by atoms with Gasteiger partial charge in [0, 0.05) is 36.7 Å². The van der Waals surface area contributed by atoms with E-state index in [0.717, 1.165) is 28.6 Å². The quantitative estimate of drug-likeness (QED) is 0.700. The number of para-hydroxylation sites is 1. The number of nitrogens with zero attached hydrogens (tertiary/aromatic N) is 2. The lowest BCUT2D eigenvalue weighted by Crippen LogP contribution is -2.34. The van der Waals surface area contributed by atoms with Gasteiger partial charge in [-0.2, -0.15) is 0 Å². The minimum atomic E-state index is -3.97. The van der Waals surface area contributed by atoms with Gasteiger partial charge in [0.1, 0.15) is 0 Å². The molecule has 0 saturated carbocycles. The molecule has 0 amide bonds. The summed E-state index contributed by atoms with van der Waals surface area (Å²) >= 11 is 0. The first-order valence-corrected chi connectivity index (χ1v) is 9.84. The second-order valence-electron chi connectivity index (χ2n) is 6.62. The van der Waals surface area contributed by atoms with Crippen LogP contribution in [0.25, 0.3) is 10.9 Å². The minimum Gasteiger partial charge on any atom is -0.350 e. The SMILES string of the molecule is CN(C)C(CNS(=O)(=O)c1ccc(F)c(F)c1)c1cn(C)c2ccccc12. The number of benzene rings is 2. The molecule has 1 atom stereocenters. The Morgan fingerprint density at radius 2 is 1.81 bits per heavy atom. The van der Waals surface area contributed by atoms with E-state index in [1.807, 2.05) is 61.1 Å². The molecule has 1 N–H and O–H groups in total. The Kier molecular flexibility index (Phi) is 5.32. The van der Waals surface area contributed by atoms with Gasteiger partial charge in [-0.05, 0) is 43.9 Å². The Morgan fingerprint density at radius 1 is 1.11 bits per heavy atom. The third-order valence-corrected chi connectivity index (χ3v) is 6.00. The zero-order valence-corrected chi connectivity index (χ0v) is 16.1. The number of aryl methyl sites for hydroxylation is 1. The molecule has 3 aromatic rings. The maximum absolute atomic E-state index is 13.4. The highest BCUT2D eigenvalue weighted by atomic mass is 32.2. The van der Waals surface area contributed by atoms with Gasteiger partial charge in [0.05, 0.1) is 4.90 Å². The molecule has 2 aromatic carbocycles. The van der Waals surface area contributed by atoms with E-state index in [1.165, 1.54) is 0 Å². The van der Waals surface area contributed by atoms with Gasteiger partial charge in [-0.15, -0.1) is 0 Å². The Bertz CT molecular complexity index is 1080. The van der Waals surface area contributed by atoms with Crippen molar-refractivity contribution in [1.29, 1.82) is 0 Å². The molecule has 1 aromatic heterocycles. The summed E-state index contributed by atoms with van der Waals surface area (Å²) in [7, 11) is 1.68. The van der Waals surface area contributed by atoms with Crippen LogP contribution >= 0.6 is 0 Å². The molecule has 27 heavy (non-hydrogen) atoms. The van der Waals surface area contributed by atoms with Crippen molar-refractivity contribution in [1.82, 2.24) is 14.2 Å². The van der Waals surface area contributed by atoms with Crippen molar-refractivity contribution in [2.45, 2.75) is 10.9 Å². The van der Waals surface area contributed by atoms with Crippen molar-refractivity contribution in [2.24, 2.45) is 7.05 Å². The summed E-state index contributed by atoms with van der Waals surface area (Å²) < 4.78 is 56.0. The number of likely N-dealkylation sites (N-methyl/N-ethyl adjacent to an activating group) is 1. The third-order valence-electron chi connectivity index (χ3n) is 4.58. The molecule has 0 spiro atoms.